The maximum absolute atomic E-state index is 11.8. The van der Waals surface area contributed by atoms with Crippen molar-refractivity contribution < 1.29 is 14.5 Å². The van der Waals surface area contributed by atoms with E-state index >= 15 is 0 Å². The predicted molar refractivity (Wildman–Crippen MR) is 65.8 cm³/mol. The number of rotatable bonds is 3. The molecule has 6 heteroatoms. The van der Waals surface area contributed by atoms with Crippen molar-refractivity contribution in [3.63, 3.8) is 0 Å². The first-order valence-electron chi connectivity index (χ1n) is 6.43. The summed E-state index contributed by atoms with van der Waals surface area (Å²) in [7, 11) is 0. The van der Waals surface area contributed by atoms with Crippen molar-refractivity contribution in [2.45, 2.75) is 38.2 Å². The molecule has 1 spiro atoms. The third-order valence-electron chi connectivity index (χ3n) is 4.23. The summed E-state index contributed by atoms with van der Waals surface area (Å²) in [6, 6.07) is 3.14. The van der Waals surface area contributed by atoms with Gasteiger partial charge >= 0.3 is 5.82 Å². The number of hydrogen-bond acceptors (Lipinski definition) is 5. The van der Waals surface area contributed by atoms with E-state index in [2.05, 4.69) is 4.98 Å². The zero-order chi connectivity index (χ0) is 13.5. The van der Waals surface area contributed by atoms with Crippen LogP contribution in [0.1, 0.15) is 32.1 Å². The monoisotopic (exact) mass is 262 g/mol. The van der Waals surface area contributed by atoms with Gasteiger partial charge in [-0.25, -0.2) is 0 Å². The van der Waals surface area contributed by atoms with Crippen LogP contribution in [-0.2, 0) is 4.79 Å². The molecule has 1 heterocycles. The third kappa shape index (κ3) is 1.78. The number of carbonyl (C=O) groups excluding carboxylic acids is 1. The number of pyridine rings is 1. The summed E-state index contributed by atoms with van der Waals surface area (Å²) in [6.07, 6.45) is 5.22. The van der Waals surface area contributed by atoms with Crippen molar-refractivity contribution in [3.05, 3.63) is 28.4 Å². The van der Waals surface area contributed by atoms with Gasteiger partial charge in [0.15, 0.2) is 0 Å². The number of aromatic nitrogens is 1. The van der Waals surface area contributed by atoms with Gasteiger partial charge in [-0.3, -0.25) is 4.79 Å². The van der Waals surface area contributed by atoms with Crippen molar-refractivity contribution in [2.75, 3.05) is 0 Å². The molecule has 0 bridgehead atoms. The molecule has 2 saturated carbocycles. The van der Waals surface area contributed by atoms with Crippen LogP contribution < -0.4 is 4.74 Å². The molecule has 0 radical (unpaired) electrons. The molecule has 2 fully saturated rings. The van der Waals surface area contributed by atoms with E-state index in [1.807, 2.05) is 0 Å². The topological polar surface area (TPSA) is 82.3 Å². The van der Waals surface area contributed by atoms with Crippen LogP contribution in [0.4, 0.5) is 5.82 Å². The first kappa shape index (κ1) is 12.1. The normalized spacial score (nSPS) is 24.2. The number of Topliss-reactive ketones (excluding diaryl/α,β-unsaturated/α-hetero) is 1. The molecule has 19 heavy (non-hydrogen) atoms. The maximum Gasteiger partial charge on any atom is 0.406 e. The second-order valence-electron chi connectivity index (χ2n) is 5.18. The first-order valence-corrected chi connectivity index (χ1v) is 6.43. The second-order valence-corrected chi connectivity index (χ2v) is 5.18. The fourth-order valence-corrected chi connectivity index (χ4v) is 3.14. The quantitative estimate of drug-likeness (QED) is 0.616. The summed E-state index contributed by atoms with van der Waals surface area (Å²) in [4.78, 5) is 25.9. The number of nitro groups is 1. The van der Waals surface area contributed by atoms with Crippen molar-refractivity contribution in [3.8, 4) is 5.75 Å². The van der Waals surface area contributed by atoms with Gasteiger partial charge in [0.25, 0.3) is 0 Å². The van der Waals surface area contributed by atoms with E-state index in [1.165, 1.54) is 12.3 Å². The Morgan fingerprint density at radius 3 is 2.79 bits per heavy atom. The van der Waals surface area contributed by atoms with E-state index in [0.717, 1.165) is 25.7 Å². The molecular weight excluding hydrogens is 248 g/mol. The van der Waals surface area contributed by atoms with Gasteiger partial charge in [-0.2, -0.15) is 0 Å². The molecule has 6 nitrogen and oxygen atoms in total. The Bertz CT molecular complexity index is 537. The van der Waals surface area contributed by atoms with Crippen LogP contribution in [0.2, 0.25) is 0 Å². The highest BCUT2D eigenvalue weighted by Crippen LogP contribution is 2.52. The second kappa shape index (κ2) is 4.29. The largest absolute Gasteiger partial charge is 0.481 e. The minimum absolute atomic E-state index is 0.163. The highest BCUT2D eigenvalue weighted by Gasteiger charge is 2.57. The molecule has 1 atom stereocenters. The van der Waals surface area contributed by atoms with E-state index < -0.39 is 4.92 Å². The van der Waals surface area contributed by atoms with Gasteiger partial charge in [-0.15, -0.1) is 0 Å². The van der Waals surface area contributed by atoms with Gasteiger partial charge in [-0.05, 0) is 34.9 Å². The van der Waals surface area contributed by atoms with E-state index in [9.17, 15) is 14.9 Å². The van der Waals surface area contributed by atoms with E-state index in [4.69, 9.17) is 4.74 Å². The molecule has 0 N–H and O–H groups in total. The average molecular weight is 262 g/mol. The van der Waals surface area contributed by atoms with Crippen LogP contribution >= 0.6 is 0 Å². The standard InChI is InChI=1S/C13H14N2O4/c16-10-8-11(13(10)5-1-2-6-13)19-9-4-3-7-14-12(9)15(17)18/h3-4,7,11H,1-2,5-6,8H2. The Kier molecular flexibility index (Phi) is 2.73. The maximum atomic E-state index is 11.8. The number of ether oxygens (including phenoxy) is 1. The summed E-state index contributed by atoms with van der Waals surface area (Å²) in [5, 5.41) is 10.9. The molecule has 1 aromatic rings. The van der Waals surface area contributed by atoms with Crippen molar-refractivity contribution in [1.29, 1.82) is 0 Å². The molecule has 2 aliphatic carbocycles. The SMILES string of the molecule is O=C1CC(Oc2cccnc2[N+](=O)[O-])C12CCCC2. The van der Waals surface area contributed by atoms with E-state index in [0.29, 0.717) is 6.42 Å². The highest BCUT2D eigenvalue weighted by molar-refractivity contribution is 5.92. The van der Waals surface area contributed by atoms with Crippen LogP contribution in [0.5, 0.6) is 5.75 Å². The van der Waals surface area contributed by atoms with Crippen molar-refractivity contribution >= 4 is 11.6 Å². The summed E-state index contributed by atoms with van der Waals surface area (Å²) >= 11 is 0. The Morgan fingerprint density at radius 1 is 1.42 bits per heavy atom. The molecule has 1 unspecified atom stereocenters. The van der Waals surface area contributed by atoms with Crippen LogP contribution in [0.25, 0.3) is 0 Å². The molecule has 3 rings (SSSR count). The van der Waals surface area contributed by atoms with Gasteiger partial charge < -0.3 is 14.9 Å². The summed E-state index contributed by atoms with van der Waals surface area (Å²) in [5.41, 5.74) is -0.385. The van der Waals surface area contributed by atoms with Gasteiger partial charge in [0.2, 0.25) is 5.75 Å². The predicted octanol–water partition coefficient (Wildman–Crippen LogP) is 2.27. The van der Waals surface area contributed by atoms with Gasteiger partial charge in [0, 0.05) is 6.42 Å². The minimum atomic E-state index is -0.558. The van der Waals surface area contributed by atoms with Gasteiger partial charge in [0.05, 0.1) is 5.41 Å². The van der Waals surface area contributed by atoms with E-state index in [1.54, 1.807) is 6.07 Å². The molecule has 0 aromatic carbocycles. The third-order valence-corrected chi connectivity index (χ3v) is 4.23. The Labute approximate surface area is 109 Å². The molecule has 0 saturated heterocycles. The van der Waals surface area contributed by atoms with Gasteiger partial charge in [-0.1, -0.05) is 12.8 Å². The van der Waals surface area contributed by atoms with Crippen molar-refractivity contribution in [2.24, 2.45) is 5.41 Å². The summed E-state index contributed by atoms with van der Waals surface area (Å²) < 4.78 is 5.73. The molecule has 100 valence electrons. The zero-order valence-corrected chi connectivity index (χ0v) is 10.4. The Hall–Kier alpha value is -1.98. The lowest BCUT2D eigenvalue weighted by molar-refractivity contribution is -0.390. The number of nitrogens with zero attached hydrogens (tertiary/aromatic N) is 2. The lowest BCUT2D eigenvalue weighted by Crippen LogP contribution is -2.55. The molecule has 2 aliphatic rings. The fourth-order valence-electron chi connectivity index (χ4n) is 3.14. The smallest absolute Gasteiger partial charge is 0.406 e. The Balaban J connectivity index is 1.83. The van der Waals surface area contributed by atoms with E-state index in [-0.39, 0.29) is 28.9 Å². The van der Waals surface area contributed by atoms with Crippen LogP contribution in [0.3, 0.4) is 0 Å². The Morgan fingerprint density at radius 2 is 2.16 bits per heavy atom. The molecule has 1 aromatic heterocycles. The molecule has 0 aliphatic heterocycles. The minimum Gasteiger partial charge on any atom is -0.481 e. The summed E-state index contributed by atoms with van der Waals surface area (Å²) in [5.74, 6) is 0.118. The average Bonchev–Trinajstić information content (AvgIpc) is 2.91. The number of carbonyl (C=O) groups is 1. The van der Waals surface area contributed by atoms with Crippen LogP contribution in [0.15, 0.2) is 18.3 Å². The summed E-state index contributed by atoms with van der Waals surface area (Å²) in [6.45, 7) is 0. The lowest BCUT2D eigenvalue weighted by atomic mass is 9.63. The van der Waals surface area contributed by atoms with Gasteiger partial charge in [0.1, 0.15) is 18.1 Å². The molecular formula is C13H14N2O4. The lowest BCUT2D eigenvalue weighted by Gasteiger charge is -2.44. The van der Waals surface area contributed by atoms with Crippen LogP contribution in [0, 0.1) is 15.5 Å². The highest BCUT2D eigenvalue weighted by atomic mass is 16.6. The zero-order valence-electron chi connectivity index (χ0n) is 10.4. The number of hydrogen-bond donors (Lipinski definition) is 0. The fraction of sp³-hybridized carbons (Fsp3) is 0.538. The van der Waals surface area contributed by atoms with Crippen molar-refractivity contribution in [1.82, 2.24) is 4.98 Å². The molecule has 0 amide bonds. The number of ketones is 1. The first-order chi connectivity index (χ1) is 9.13. The van der Waals surface area contributed by atoms with Crippen LogP contribution in [-0.4, -0.2) is 21.8 Å².